The maximum Gasteiger partial charge on any atom is 0.293 e. The second-order valence-electron chi connectivity index (χ2n) is 2.36. The van der Waals surface area contributed by atoms with E-state index in [0.29, 0.717) is 19.5 Å². The molecule has 1 rings (SSSR count). The first-order valence-corrected chi connectivity index (χ1v) is 3.67. The van der Waals surface area contributed by atoms with E-state index >= 15 is 0 Å². The van der Waals surface area contributed by atoms with Crippen molar-refractivity contribution in [3.63, 3.8) is 0 Å². The van der Waals surface area contributed by atoms with E-state index in [1.165, 1.54) is 0 Å². The monoisotopic (exact) mass is 166 g/mol. The quantitative estimate of drug-likeness (QED) is 0.482. The van der Waals surface area contributed by atoms with Gasteiger partial charge in [0.2, 0.25) is 0 Å². The number of hydrogen-bond acceptors (Lipinski definition) is 4. The SMILES string of the molecule is Cc1nnccc1CCOC=O. The molecule has 0 aliphatic heterocycles. The summed E-state index contributed by atoms with van der Waals surface area (Å²) >= 11 is 0. The lowest BCUT2D eigenvalue weighted by molar-refractivity contribution is -0.128. The van der Waals surface area contributed by atoms with Crippen LogP contribution in [0.3, 0.4) is 0 Å². The molecule has 0 N–H and O–H groups in total. The molecule has 0 aromatic carbocycles. The number of rotatable bonds is 4. The van der Waals surface area contributed by atoms with E-state index in [9.17, 15) is 4.79 Å². The summed E-state index contributed by atoms with van der Waals surface area (Å²) in [5, 5.41) is 7.58. The van der Waals surface area contributed by atoms with Crippen LogP contribution >= 0.6 is 0 Å². The molecular formula is C8H10N2O2. The smallest absolute Gasteiger partial charge is 0.293 e. The van der Waals surface area contributed by atoms with Crippen molar-refractivity contribution in [3.05, 3.63) is 23.5 Å². The van der Waals surface area contributed by atoms with Crippen LogP contribution in [0.25, 0.3) is 0 Å². The van der Waals surface area contributed by atoms with E-state index in [0.717, 1.165) is 11.3 Å². The van der Waals surface area contributed by atoms with Crippen molar-refractivity contribution in [2.45, 2.75) is 13.3 Å². The summed E-state index contributed by atoms with van der Waals surface area (Å²) in [7, 11) is 0. The molecule has 0 spiro atoms. The summed E-state index contributed by atoms with van der Waals surface area (Å²) in [5.41, 5.74) is 1.94. The van der Waals surface area contributed by atoms with Crippen LogP contribution in [0.5, 0.6) is 0 Å². The van der Waals surface area contributed by atoms with Crippen molar-refractivity contribution < 1.29 is 9.53 Å². The van der Waals surface area contributed by atoms with Gasteiger partial charge in [0.05, 0.1) is 12.3 Å². The van der Waals surface area contributed by atoms with Gasteiger partial charge in [0.25, 0.3) is 6.47 Å². The van der Waals surface area contributed by atoms with Crippen LogP contribution in [0.15, 0.2) is 12.3 Å². The number of aryl methyl sites for hydroxylation is 1. The van der Waals surface area contributed by atoms with Gasteiger partial charge in [0.15, 0.2) is 0 Å². The van der Waals surface area contributed by atoms with E-state index in [-0.39, 0.29) is 0 Å². The van der Waals surface area contributed by atoms with Crippen LogP contribution in [0, 0.1) is 6.92 Å². The molecule has 1 aromatic heterocycles. The molecule has 12 heavy (non-hydrogen) atoms. The van der Waals surface area contributed by atoms with Crippen LogP contribution < -0.4 is 0 Å². The molecule has 0 fully saturated rings. The Labute approximate surface area is 70.6 Å². The molecule has 0 bridgehead atoms. The fourth-order valence-electron chi connectivity index (χ4n) is 0.909. The van der Waals surface area contributed by atoms with Crippen LogP contribution in [0.1, 0.15) is 11.3 Å². The van der Waals surface area contributed by atoms with Crippen LogP contribution in [-0.2, 0) is 16.0 Å². The van der Waals surface area contributed by atoms with Crippen molar-refractivity contribution in [3.8, 4) is 0 Å². The zero-order chi connectivity index (χ0) is 8.81. The molecule has 4 heteroatoms. The second-order valence-corrected chi connectivity index (χ2v) is 2.36. The molecule has 0 aliphatic rings. The fraction of sp³-hybridized carbons (Fsp3) is 0.375. The highest BCUT2D eigenvalue weighted by Gasteiger charge is 1.97. The summed E-state index contributed by atoms with van der Waals surface area (Å²) in [4.78, 5) is 9.83. The zero-order valence-electron chi connectivity index (χ0n) is 6.86. The van der Waals surface area contributed by atoms with E-state index in [1.807, 2.05) is 13.0 Å². The largest absolute Gasteiger partial charge is 0.468 e. The van der Waals surface area contributed by atoms with Crippen molar-refractivity contribution in [2.75, 3.05) is 6.61 Å². The third-order valence-corrected chi connectivity index (χ3v) is 1.57. The Morgan fingerprint density at radius 1 is 1.67 bits per heavy atom. The Morgan fingerprint density at radius 3 is 3.17 bits per heavy atom. The molecule has 0 saturated carbocycles. The maximum absolute atomic E-state index is 9.83. The molecule has 4 nitrogen and oxygen atoms in total. The van der Waals surface area contributed by atoms with E-state index < -0.39 is 0 Å². The van der Waals surface area contributed by atoms with Crippen molar-refractivity contribution >= 4 is 6.47 Å². The minimum Gasteiger partial charge on any atom is -0.468 e. The highest BCUT2D eigenvalue weighted by atomic mass is 16.5. The summed E-state index contributed by atoms with van der Waals surface area (Å²) in [6, 6.07) is 1.87. The minimum absolute atomic E-state index is 0.399. The third kappa shape index (κ3) is 2.30. The van der Waals surface area contributed by atoms with Gasteiger partial charge in [-0.05, 0) is 18.6 Å². The normalized spacial score (nSPS) is 9.42. The molecule has 1 aromatic rings. The Hall–Kier alpha value is -1.45. The molecule has 0 radical (unpaired) electrons. The second kappa shape index (κ2) is 4.43. The lowest BCUT2D eigenvalue weighted by atomic mass is 10.2. The Bertz CT molecular complexity index is 263. The van der Waals surface area contributed by atoms with Gasteiger partial charge in [-0.15, -0.1) is 0 Å². The van der Waals surface area contributed by atoms with E-state index in [2.05, 4.69) is 14.9 Å². The van der Waals surface area contributed by atoms with Gasteiger partial charge in [-0.3, -0.25) is 4.79 Å². The summed E-state index contributed by atoms with van der Waals surface area (Å²) < 4.78 is 4.56. The zero-order valence-corrected chi connectivity index (χ0v) is 6.86. The highest BCUT2D eigenvalue weighted by molar-refractivity contribution is 5.37. The number of nitrogens with zero attached hydrogens (tertiary/aromatic N) is 2. The Balaban J connectivity index is 2.51. The van der Waals surface area contributed by atoms with Gasteiger partial charge in [0.1, 0.15) is 0 Å². The Morgan fingerprint density at radius 2 is 2.50 bits per heavy atom. The van der Waals surface area contributed by atoms with Gasteiger partial charge in [0, 0.05) is 12.6 Å². The van der Waals surface area contributed by atoms with Gasteiger partial charge < -0.3 is 4.74 Å². The van der Waals surface area contributed by atoms with Crippen LogP contribution in [0.4, 0.5) is 0 Å². The molecule has 0 amide bonds. The summed E-state index contributed by atoms with van der Waals surface area (Å²) in [6.07, 6.45) is 2.32. The lowest BCUT2D eigenvalue weighted by Crippen LogP contribution is -2.00. The van der Waals surface area contributed by atoms with Crippen LogP contribution in [-0.4, -0.2) is 23.3 Å². The number of ether oxygens (including phenoxy) is 1. The maximum atomic E-state index is 9.83. The van der Waals surface area contributed by atoms with Gasteiger partial charge in [-0.25, -0.2) is 0 Å². The molecule has 0 atom stereocenters. The first-order valence-electron chi connectivity index (χ1n) is 3.67. The van der Waals surface area contributed by atoms with Crippen molar-refractivity contribution in [1.82, 2.24) is 10.2 Å². The van der Waals surface area contributed by atoms with Crippen LogP contribution in [0.2, 0.25) is 0 Å². The van der Waals surface area contributed by atoms with Crippen molar-refractivity contribution in [2.24, 2.45) is 0 Å². The number of carbonyl (C=O) groups excluding carboxylic acids is 1. The average Bonchev–Trinajstić information content (AvgIpc) is 2.09. The van der Waals surface area contributed by atoms with Gasteiger partial charge >= 0.3 is 0 Å². The average molecular weight is 166 g/mol. The Kier molecular flexibility index (Phi) is 3.19. The predicted octanol–water partition coefficient (Wildman–Crippen LogP) is 0.501. The van der Waals surface area contributed by atoms with E-state index in [4.69, 9.17) is 0 Å². The van der Waals surface area contributed by atoms with E-state index in [1.54, 1.807) is 6.20 Å². The number of hydrogen-bond donors (Lipinski definition) is 0. The summed E-state index contributed by atoms with van der Waals surface area (Å²) in [6.45, 7) is 2.73. The highest BCUT2D eigenvalue weighted by Crippen LogP contribution is 2.02. The first-order chi connectivity index (χ1) is 5.84. The number of aromatic nitrogens is 2. The molecular weight excluding hydrogens is 156 g/mol. The lowest BCUT2D eigenvalue weighted by Gasteiger charge is -2.01. The standard InChI is InChI=1S/C8H10N2O2/c1-7-8(2-4-9-10-7)3-5-12-6-11/h2,4,6H,3,5H2,1H3. The number of carbonyl (C=O) groups is 1. The molecule has 0 aliphatic carbocycles. The first kappa shape index (κ1) is 8.64. The fourth-order valence-corrected chi connectivity index (χ4v) is 0.909. The van der Waals surface area contributed by atoms with Gasteiger partial charge in [-0.2, -0.15) is 10.2 Å². The molecule has 64 valence electrons. The predicted molar refractivity (Wildman–Crippen MR) is 42.5 cm³/mol. The van der Waals surface area contributed by atoms with Gasteiger partial charge in [-0.1, -0.05) is 0 Å². The molecule has 1 heterocycles. The third-order valence-electron chi connectivity index (χ3n) is 1.57. The minimum atomic E-state index is 0.399. The molecule has 0 saturated heterocycles. The molecule has 0 unspecified atom stereocenters. The summed E-state index contributed by atoms with van der Waals surface area (Å²) in [5.74, 6) is 0. The topological polar surface area (TPSA) is 52.1 Å². The van der Waals surface area contributed by atoms with Crippen molar-refractivity contribution in [1.29, 1.82) is 0 Å².